The van der Waals surface area contributed by atoms with Gasteiger partial charge in [-0.2, -0.15) is 0 Å². The monoisotopic (exact) mass is 486 g/mol. The molecule has 3 rings (SSSR count). The number of nitrogens with one attached hydrogen (secondary N) is 1. The smallest absolute Gasteiger partial charge is 0.410 e. The van der Waals surface area contributed by atoms with Gasteiger partial charge in [0.05, 0.1) is 11.0 Å². The minimum Gasteiger partial charge on any atom is -0.445 e. The number of pyridine rings is 1. The fourth-order valence-electron chi connectivity index (χ4n) is 3.79. The standard InChI is InChI=1S/C23H26N4O6S/c1-3-20(17-8-10-24-11-9-17)25-22(29)21-12-19(34-15(2)28)13-26(21)23(30)33-14-16-4-6-18(7-5-16)27(31)32/h4-11,19-21H,3,12-14H2,1-2H3,(H,25,29)/t19-,20-,21-/m0/s1. The molecule has 1 aliphatic rings. The topological polar surface area (TPSA) is 132 Å². The summed E-state index contributed by atoms with van der Waals surface area (Å²) >= 11 is 1.10. The molecule has 1 N–H and O–H groups in total. The summed E-state index contributed by atoms with van der Waals surface area (Å²) in [5.74, 6) is -0.317. The van der Waals surface area contributed by atoms with Crippen LogP contribution >= 0.6 is 11.8 Å². The van der Waals surface area contributed by atoms with Crippen molar-refractivity contribution >= 4 is 34.6 Å². The van der Waals surface area contributed by atoms with Crippen LogP contribution in [0.15, 0.2) is 48.8 Å². The molecule has 1 aromatic carbocycles. The number of carbonyl (C=O) groups is 3. The fourth-order valence-corrected chi connectivity index (χ4v) is 4.78. The first-order valence-corrected chi connectivity index (χ1v) is 11.7. The number of rotatable bonds is 8. The summed E-state index contributed by atoms with van der Waals surface area (Å²) in [6, 6.07) is 8.31. The molecule has 0 radical (unpaired) electrons. The maximum Gasteiger partial charge on any atom is 0.410 e. The predicted molar refractivity (Wildman–Crippen MR) is 126 cm³/mol. The second-order valence-electron chi connectivity index (χ2n) is 7.86. The molecule has 11 heteroatoms. The Balaban J connectivity index is 1.69. The largest absolute Gasteiger partial charge is 0.445 e. The summed E-state index contributed by atoms with van der Waals surface area (Å²) in [7, 11) is 0. The summed E-state index contributed by atoms with van der Waals surface area (Å²) < 4.78 is 5.40. The van der Waals surface area contributed by atoms with Gasteiger partial charge in [0.2, 0.25) is 5.91 Å². The van der Waals surface area contributed by atoms with Crippen LogP contribution in [0.2, 0.25) is 0 Å². The van der Waals surface area contributed by atoms with Gasteiger partial charge in [-0.3, -0.25) is 29.6 Å². The number of non-ortho nitro benzene ring substituents is 1. The lowest BCUT2D eigenvalue weighted by molar-refractivity contribution is -0.384. The van der Waals surface area contributed by atoms with Gasteiger partial charge >= 0.3 is 6.09 Å². The maximum absolute atomic E-state index is 13.2. The Morgan fingerprint density at radius 3 is 2.50 bits per heavy atom. The Bertz CT molecular complexity index is 1030. The fraction of sp³-hybridized carbons (Fsp3) is 0.391. The van der Waals surface area contributed by atoms with Crippen molar-refractivity contribution in [3.05, 3.63) is 70.0 Å². The van der Waals surface area contributed by atoms with E-state index in [0.717, 1.165) is 17.3 Å². The number of nitrogens with zero attached hydrogens (tertiary/aromatic N) is 3. The van der Waals surface area contributed by atoms with Crippen LogP contribution in [0.5, 0.6) is 0 Å². The average molecular weight is 487 g/mol. The highest BCUT2D eigenvalue weighted by Gasteiger charge is 2.41. The number of nitro benzene ring substituents is 1. The normalized spacial score (nSPS) is 18.2. The predicted octanol–water partition coefficient (Wildman–Crippen LogP) is 3.62. The third-order valence-corrected chi connectivity index (χ3v) is 6.48. The molecule has 2 amide bonds. The van der Waals surface area contributed by atoms with Crippen LogP contribution in [0, 0.1) is 10.1 Å². The van der Waals surface area contributed by atoms with E-state index < -0.39 is 17.1 Å². The van der Waals surface area contributed by atoms with Crippen molar-refractivity contribution in [2.75, 3.05) is 6.54 Å². The first-order chi connectivity index (χ1) is 16.3. The molecule has 1 aliphatic heterocycles. The van der Waals surface area contributed by atoms with Crippen LogP contribution in [-0.4, -0.2) is 49.8 Å². The van der Waals surface area contributed by atoms with Crippen molar-refractivity contribution in [1.82, 2.24) is 15.2 Å². The zero-order chi connectivity index (χ0) is 24.7. The van der Waals surface area contributed by atoms with Crippen LogP contribution in [0.25, 0.3) is 0 Å². The molecule has 2 heterocycles. The molecule has 0 aliphatic carbocycles. The van der Waals surface area contributed by atoms with Gasteiger partial charge in [0.1, 0.15) is 12.6 Å². The number of aromatic nitrogens is 1. The Morgan fingerprint density at radius 1 is 1.24 bits per heavy atom. The van der Waals surface area contributed by atoms with Crippen LogP contribution in [0.3, 0.4) is 0 Å². The molecule has 1 saturated heterocycles. The Labute approximate surface area is 201 Å². The highest BCUT2D eigenvalue weighted by molar-refractivity contribution is 8.14. The van der Waals surface area contributed by atoms with Crippen LogP contribution in [0.4, 0.5) is 10.5 Å². The van der Waals surface area contributed by atoms with E-state index in [1.807, 2.05) is 19.1 Å². The summed E-state index contributed by atoms with van der Waals surface area (Å²) in [5.41, 5.74) is 1.43. The van der Waals surface area contributed by atoms with Gasteiger partial charge in [0.25, 0.3) is 5.69 Å². The minimum absolute atomic E-state index is 0.0601. The molecule has 34 heavy (non-hydrogen) atoms. The zero-order valence-corrected chi connectivity index (χ0v) is 19.7. The minimum atomic E-state index is -0.780. The third kappa shape index (κ3) is 6.53. The Kier molecular flexibility index (Phi) is 8.58. The number of hydrogen-bond donors (Lipinski definition) is 1. The van der Waals surface area contributed by atoms with Gasteiger partial charge in [-0.05, 0) is 48.2 Å². The van der Waals surface area contributed by atoms with Crippen LogP contribution in [-0.2, 0) is 20.9 Å². The number of hydrogen-bond acceptors (Lipinski definition) is 8. The van der Waals surface area contributed by atoms with E-state index in [0.29, 0.717) is 18.4 Å². The highest BCUT2D eigenvalue weighted by Crippen LogP contribution is 2.30. The summed E-state index contributed by atoms with van der Waals surface area (Å²) in [4.78, 5) is 53.3. The molecule has 0 spiro atoms. The lowest BCUT2D eigenvalue weighted by atomic mass is 10.1. The number of amides is 2. The van der Waals surface area contributed by atoms with Gasteiger partial charge in [-0.25, -0.2) is 4.79 Å². The number of ether oxygens (including phenoxy) is 1. The van der Waals surface area contributed by atoms with Crippen molar-refractivity contribution in [3.8, 4) is 0 Å². The second kappa shape index (κ2) is 11.6. The van der Waals surface area contributed by atoms with Gasteiger partial charge in [0, 0.05) is 43.2 Å². The molecule has 180 valence electrons. The van der Waals surface area contributed by atoms with E-state index in [2.05, 4.69) is 10.3 Å². The zero-order valence-electron chi connectivity index (χ0n) is 18.9. The van der Waals surface area contributed by atoms with Crippen molar-refractivity contribution < 1.29 is 24.0 Å². The van der Waals surface area contributed by atoms with E-state index in [-0.39, 0.29) is 41.2 Å². The first-order valence-electron chi connectivity index (χ1n) is 10.8. The Morgan fingerprint density at radius 2 is 1.91 bits per heavy atom. The molecule has 10 nitrogen and oxygen atoms in total. The van der Waals surface area contributed by atoms with Crippen molar-refractivity contribution in [1.29, 1.82) is 0 Å². The lowest BCUT2D eigenvalue weighted by Gasteiger charge is -2.26. The Hall–Kier alpha value is -3.47. The van der Waals surface area contributed by atoms with Gasteiger partial charge in [-0.15, -0.1) is 0 Å². The number of nitro groups is 1. The van der Waals surface area contributed by atoms with Gasteiger partial charge in [0.15, 0.2) is 5.12 Å². The SMILES string of the molecule is CC[C@H](NC(=O)[C@@H]1C[C@H](SC(C)=O)CN1C(=O)OCc1ccc([N+](=O)[O-])cc1)c1ccncc1. The number of carbonyl (C=O) groups excluding carboxylic acids is 3. The summed E-state index contributed by atoms with van der Waals surface area (Å²) in [6.45, 7) is 3.50. The first kappa shape index (κ1) is 25.2. The quantitative estimate of drug-likeness (QED) is 0.442. The van der Waals surface area contributed by atoms with E-state index in [4.69, 9.17) is 4.74 Å². The molecule has 1 aromatic heterocycles. The van der Waals surface area contributed by atoms with Gasteiger partial charge in [-0.1, -0.05) is 18.7 Å². The summed E-state index contributed by atoms with van der Waals surface area (Å²) in [6.07, 6.45) is 3.61. The second-order valence-corrected chi connectivity index (χ2v) is 9.34. The van der Waals surface area contributed by atoms with Crippen molar-refractivity contribution in [2.24, 2.45) is 0 Å². The van der Waals surface area contributed by atoms with Crippen LogP contribution < -0.4 is 5.32 Å². The number of likely N-dealkylation sites (tertiary alicyclic amines) is 1. The van der Waals surface area contributed by atoms with E-state index in [9.17, 15) is 24.5 Å². The van der Waals surface area contributed by atoms with Crippen molar-refractivity contribution in [3.63, 3.8) is 0 Å². The molecule has 1 fully saturated rings. The van der Waals surface area contributed by atoms with E-state index in [1.54, 1.807) is 12.4 Å². The van der Waals surface area contributed by atoms with Crippen molar-refractivity contribution in [2.45, 2.75) is 50.6 Å². The molecular weight excluding hydrogens is 460 g/mol. The number of benzene rings is 1. The molecule has 0 unspecified atom stereocenters. The maximum atomic E-state index is 13.2. The molecule has 0 saturated carbocycles. The lowest BCUT2D eigenvalue weighted by Crippen LogP contribution is -2.47. The van der Waals surface area contributed by atoms with Gasteiger partial charge < -0.3 is 10.1 Å². The average Bonchev–Trinajstić information content (AvgIpc) is 3.25. The molecular formula is C23H26N4O6S. The molecule has 0 bridgehead atoms. The molecule has 2 aromatic rings. The molecule has 3 atom stereocenters. The number of thioether (sulfide) groups is 1. The van der Waals surface area contributed by atoms with E-state index in [1.165, 1.54) is 36.1 Å². The van der Waals surface area contributed by atoms with E-state index >= 15 is 0 Å². The highest BCUT2D eigenvalue weighted by atomic mass is 32.2. The summed E-state index contributed by atoms with van der Waals surface area (Å²) in [5, 5.41) is 13.5. The van der Waals surface area contributed by atoms with Crippen LogP contribution in [0.1, 0.15) is 43.9 Å². The third-order valence-electron chi connectivity index (χ3n) is 5.48.